The third kappa shape index (κ3) is 4.17. The van der Waals surface area contributed by atoms with Gasteiger partial charge in [-0.3, -0.25) is 0 Å². The van der Waals surface area contributed by atoms with Crippen molar-refractivity contribution >= 4 is 18.8 Å². The van der Waals surface area contributed by atoms with Gasteiger partial charge in [-0.25, -0.2) is 0 Å². The first-order valence-electron chi connectivity index (χ1n) is 9.06. The van der Waals surface area contributed by atoms with Gasteiger partial charge in [-0.2, -0.15) is 0 Å². The highest BCUT2D eigenvalue weighted by atomic mass is 31.1. The molecule has 3 aromatic carbocycles. The molecule has 0 saturated carbocycles. The summed E-state index contributed by atoms with van der Waals surface area (Å²) < 4.78 is 6.79. The molecule has 0 fully saturated rings. The zero-order valence-electron chi connectivity index (χ0n) is 16.3. The molecule has 0 spiro atoms. The van der Waals surface area contributed by atoms with Crippen molar-refractivity contribution in [1.29, 1.82) is 0 Å². The molecule has 0 aliphatic heterocycles. The van der Waals surface area contributed by atoms with E-state index < -0.39 is 8.15 Å². The molecule has 0 aliphatic carbocycles. The Labute approximate surface area is 158 Å². The van der Waals surface area contributed by atoms with Gasteiger partial charge in [0.1, 0.15) is 5.75 Å². The highest BCUT2D eigenvalue weighted by molar-refractivity contribution is 7.68. The van der Waals surface area contributed by atoms with E-state index in [0.29, 0.717) is 0 Å². The minimum Gasteiger partial charge on any atom is -0.464 e. The third-order valence-electron chi connectivity index (χ3n) is 4.39. The van der Waals surface area contributed by atoms with Gasteiger partial charge in [-0.15, -0.1) is 0 Å². The van der Waals surface area contributed by atoms with Crippen molar-refractivity contribution in [3.05, 3.63) is 89.5 Å². The Morgan fingerprint density at radius 3 is 1.69 bits per heavy atom. The Hall–Kier alpha value is -2.11. The minimum atomic E-state index is -0.916. The lowest BCUT2D eigenvalue weighted by molar-refractivity contribution is 0.537. The highest BCUT2D eigenvalue weighted by Crippen LogP contribution is 2.43. The van der Waals surface area contributed by atoms with E-state index in [-0.39, 0.29) is 5.41 Å². The van der Waals surface area contributed by atoms with Gasteiger partial charge < -0.3 is 4.52 Å². The summed E-state index contributed by atoms with van der Waals surface area (Å²) >= 11 is 0. The van der Waals surface area contributed by atoms with Crippen LogP contribution in [0.3, 0.4) is 0 Å². The molecule has 3 rings (SSSR count). The molecule has 2 heteroatoms. The molecule has 0 amide bonds. The Morgan fingerprint density at radius 2 is 1.23 bits per heavy atom. The van der Waals surface area contributed by atoms with Crippen molar-refractivity contribution < 1.29 is 4.52 Å². The Morgan fingerprint density at radius 1 is 0.731 bits per heavy atom. The fourth-order valence-corrected chi connectivity index (χ4v) is 4.92. The number of rotatable bonds is 4. The van der Waals surface area contributed by atoms with Crippen LogP contribution in [0.25, 0.3) is 0 Å². The molecule has 0 bridgehead atoms. The van der Waals surface area contributed by atoms with Crippen molar-refractivity contribution in [2.45, 2.75) is 40.0 Å². The Kier molecular flexibility index (Phi) is 5.49. The Bertz CT molecular complexity index is 824. The molecule has 0 radical (unpaired) electrons. The second-order valence-corrected chi connectivity index (χ2v) is 9.57. The van der Waals surface area contributed by atoms with E-state index in [1.165, 1.54) is 27.3 Å². The van der Waals surface area contributed by atoms with Crippen LogP contribution in [0.15, 0.2) is 72.8 Å². The first kappa shape index (κ1) is 18.7. The number of hydrogen-bond donors (Lipinski definition) is 0. The lowest BCUT2D eigenvalue weighted by atomic mass is 9.84. The van der Waals surface area contributed by atoms with Gasteiger partial charge in [-0.05, 0) is 24.8 Å². The van der Waals surface area contributed by atoms with E-state index in [9.17, 15) is 0 Å². The summed E-state index contributed by atoms with van der Waals surface area (Å²) in [5, 5.41) is 2.46. The molecule has 0 N–H and O–H groups in total. The van der Waals surface area contributed by atoms with E-state index in [0.717, 1.165) is 5.75 Å². The standard InChI is InChI=1S/C24H27OP/c1-18-16-19(2)23(22(17-18)24(3,4)5)25-26(20-12-8-6-9-13-20)21-14-10-7-11-15-21/h6-17H,1-5H3. The number of aryl methyl sites for hydroxylation is 2. The topological polar surface area (TPSA) is 9.23 Å². The first-order valence-corrected chi connectivity index (χ1v) is 10.3. The van der Waals surface area contributed by atoms with Gasteiger partial charge in [0.15, 0.2) is 8.15 Å². The largest absolute Gasteiger partial charge is 0.464 e. The SMILES string of the molecule is Cc1cc(C)c(OP(c2ccccc2)c2ccccc2)c(C(C)(C)C)c1. The van der Waals surface area contributed by atoms with Crippen LogP contribution >= 0.6 is 8.15 Å². The summed E-state index contributed by atoms with van der Waals surface area (Å²) in [6.07, 6.45) is 0. The molecule has 1 nitrogen and oxygen atoms in total. The molecular weight excluding hydrogens is 335 g/mol. The highest BCUT2D eigenvalue weighted by Gasteiger charge is 2.25. The van der Waals surface area contributed by atoms with Crippen LogP contribution < -0.4 is 15.1 Å². The van der Waals surface area contributed by atoms with Gasteiger partial charge in [0.2, 0.25) is 0 Å². The second-order valence-electron chi connectivity index (χ2n) is 7.77. The van der Waals surface area contributed by atoms with Gasteiger partial charge >= 0.3 is 0 Å². The van der Waals surface area contributed by atoms with E-state index >= 15 is 0 Å². The molecule has 0 aliphatic rings. The zero-order valence-corrected chi connectivity index (χ0v) is 17.2. The summed E-state index contributed by atoms with van der Waals surface area (Å²) in [5.74, 6) is 1.03. The molecule has 0 unspecified atom stereocenters. The van der Waals surface area contributed by atoms with E-state index in [4.69, 9.17) is 4.52 Å². The van der Waals surface area contributed by atoms with Crippen LogP contribution in [-0.2, 0) is 5.41 Å². The van der Waals surface area contributed by atoms with Crippen LogP contribution in [0, 0.1) is 13.8 Å². The van der Waals surface area contributed by atoms with Crippen molar-refractivity contribution in [2.24, 2.45) is 0 Å². The molecule has 134 valence electrons. The van der Waals surface area contributed by atoms with Crippen LogP contribution in [0.4, 0.5) is 0 Å². The molecule has 0 saturated heterocycles. The predicted molar refractivity (Wildman–Crippen MR) is 114 cm³/mol. The lowest BCUT2D eigenvalue weighted by Gasteiger charge is -2.28. The van der Waals surface area contributed by atoms with Crippen LogP contribution in [0.1, 0.15) is 37.5 Å². The predicted octanol–water partition coefficient (Wildman–Crippen LogP) is 6.03. The van der Waals surface area contributed by atoms with Gasteiger partial charge in [-0.1, -0.05) is 99.1 Å². The van der Waals surface area contributed by atoms with Crippen LogP contribution in [0.2, 0.25) is 0 Å². The normalized spacial score (nSPS) is 11.6. The summed E-state index contributed by atoms with van der Waals surface area (Å²) in [6, 6.07) is 25.6. The minimum absolute atomic E-state index is 0.0283. The van der Waals surface area contributed by atoms with Gasteiger partial charge in [0, 0.05) is 16.2 Å². The average Bonchev–Trinajstić information content (AvgIpc) is 2.61. The van der Waals surface area contributed by atoms with Gasteiger partial charge in [0.25, 0.3) is 0 Å². The van der Waals surface area contributed by atoms with Crippen molar-refractivity contribution in [1.82, 2.24) is 0 Å². The summed E-state index contributed by atoms with van der Waals surface area (Å²) in [6.45, 7) is 11.1. The molecule has 3 aromatic rings. The van der Waals surface area contributed by atoms with Crippen molar-refractivity contribution in [2.75, 3.05) is 0 Å². The fourth-order valence-electron chi connectivity index (χ4n) is 3.11. The third-order valence-corrected chi connectivity index (χ3v) is 6.29. The average molecular weight is 362 g/mol. The maximum Gasteiger partial charge on any atom is 0.150 e. The van der Waals surface area contributed by atoms with Crippen LogP contribution in [-0.4, -0.2) is 0 Å². The summed E-state index contributed by atoms with van der Waals surface area (Å²) in [4.78, 5) is 0. The quantitative estimate of drug-likeness (QED) is 0.515. The van der Waals surface area contributed by atoms with Crippen LogP contribution in [0.5, 0.6) is 5.75 Å². The van der Waals surface area contributed by atoms with E-state index in [1.54, 1.807) is 0 Å². The molecule has 0 heterocycles. The number of benzene rings is 3. The smallest absolute Gasteiger partial charge is 0.150 e. The zero-order chi connectivity index (χ0) is 18.7. The summed E-state index contributed by atoms with van der Waals surface area (Å²) in [7, 11) is -0.916. The van der Waals surface area contributed by atoms with Crippen molar-refractivity contribution in [3.8, 4) is 5.75 Å². The molecular formula is C24H27OP. The van der Waals surface area contributed by atoms with E-state index in [1.807, 2.05) is 0 Å². The lowest BCUT2D eigenvalue weighted by Crippen LogP contribution is -2.19. The maximum atomic E-state index is 6.79. The fraction of sp³-hybridized carbons (Fsp3) is 0.250. The Balaban J connectivity index is 2.12. The summed E-state index contributed by atoms with van der Waals surface area (Å²) in [5.41, 5.74) is 3.78. The van der Waals surface area contributed by atoms with E-state index in [2.05, 4.69) is 107 Å². The number of hydrogen-bond acceptors (Lipinski definition) is 1. The molecule has 26 heavy (non-hydrogen) atoms. The first-order chi connectivity index (χ1) is 12.4. The monoisotopic (exact) mass is 362 g/mol. The van der Waals surface area contributed by atoms with Gasteiger partial charge in [0.05, 0.1) is 0 Å². The maximum absolute atomic E-state index is 6.79. The second kappa shape index (κ2) is 7.64. The molecule has 0 atom stereocenters. The van der Waals surface area contributed by atoms with Crippen molar-refractivity contribution in [3.63, 3.8) is 0 Å². The molecule has 0 aromatic heterocycles.